The van der Waals surface area contributed by atoms with E-state index in [1.54, 1.807) is 0 Å². The van der Waals surface area contributed by atoms with E-state index in [0.717, 1.165) is 51.9 Å². The van der Waals surface area contributed by atoms with Crippen molar-refractivity contribution in [2.24, 2.45) is 15.5 Å². The predicted octanol–water partition coefficient (Wildman–Crippen LogP) is 2.06. The van der Waals surface area contributed by atoms with Crippen molar-refractivity contribution in [1.29, 1.82) is 0 Å². The van der Waals surface area contributed by atoms with Gasteiger partial charge in [-0.25, -0.2) is 0 Å². The zero-order valence-corrected chi connectivity index (χ0v) is 13.1. The first-order chi connectivity index (χ1) is 10.8. The van der Waals surface area contributed by atoms with Crippen LogP contribution in [0.3, 0.4) is 0 Å². The van der Waals surface area contributed by atoms with Crippen LogP contribution >= 0.6 is 0 Å². The highest BCUT2D eigenvalue weighted by Gasteiger charge is 2.18. The Morgan fingerprint density at radius 2 is 2.32 bits per heavy atom. The molecule has 9 nitrogen and oxygen atoms in total. The zero-order chi connectivity index (χ0) is 16.0. The molecule has 0 spiro atoms. The number of nitrogens with zero attached hydrogens (tertiary/aromatic N) is 6. The average molecular weight is 311 g/mol. The maximum Gasteiger partial charge on any atom is 0.305 e. The molecule has 22 heavy (non-hydrogen) atoms. The third-order valence-corrected chi connectivity index (χ3v) is 3.34. The Kier molecular flexibility index (Phi) is 9.73. The fraction of sp³-hybridized carbons (Fsp3) is 0.923. The van der Waals surface area contributed by atoms with Crippen molar-refractivity contribution in [2.45, 2.75) is 38.1 Å². The molecule has 1 unspecified atom stereocenters. The van der Waals surface area contributed by atoms with E-state index in [4.69, 9.17) is 5.53 Å². The molecule has 1 heterocycles. The molecule has 0 aromatic carbocycles. The van der Waals surface area contributed by atoms with Gasteiger partial charge in [0.05, 0.1) is 13.7 Å². The van der Waals surface area contributed by atoms with Gasteiger partial charge in [-0.3, -0.25) is 9.80 Å². The van der Waals surface area contributed by atoms with Crippen molar-refractivity contribution in [3.05, 3.63) is 10.4 Å². The maximum atomic E-state index is 11.0. The molecular formula is C13H25N7O2. The van der Waals surface area contributed by atoms with Crippen LogP contribution in [0.25, 0.3) is 10.4 Å². The number of ether oxygens (including phenoxy) is 1. The molecule has 9 heteroatoms. The Balaban J connectivity index is 1.96. The molecule has 0 amide bonds. The number of rotatable bonds is 12. The summed E-state index contributed by atoms with van der Waals surface area (Å²) in [5.41, 5.74) is 8.15. The van der Waals surface area contributed by atoms with E-state index in [2.05, 4.69) is 30.4 Å². The van der Waals surface area contributed by atoms with Crippen LogP contribution in [0, 0.1) is 0 Å². The van der Waals surface area contributed by atoms with E-state index in [0.29, 0.717) is 13.0 Å². The number of unbranched alkanes of at least 4 members (excludes halogenated alkanes) is 2. The molecular weight excluding hydrogens is 286 g/mol. The first kappa shape index (κ1) is 18.2. The molecule has 0 aromatic heterocycles. The van der Waals surface area contributed by atoms with Gasteiger partial charge in [0, 0.05) is 31.0 Å². The van der Waals surface area contributed by atoms with E-state index in [-0.39, 0.29) is 12.0 Å². The highest BCUT2D eigenvalue weighted by Crippen LogP contribution is 2.10. The van der Waals surface area contributed by atoms with Crippen LogP contribution in [0.5, 0.6) is 0 Å². The number of azide groups is 1. The summed E-state index contributed by atoms with van der Waals surface area (Å²) in [5, 5.41) is 17.1. The molecule has 1 aliphatic rings. The van der Waals surface area contributed by atoms with Crippen LogP contribution in [0.2, 0.25) is 0 Å². The topological polar surface area (TPSA) is 115 Å². The van der Waals surface area contributed by atoms with Crippen molar-refractivity contribution in [3.8, 4) is 0 Å². The summed E-state index contributed by atoms with van der Waals surface area (Å²) in [4.78, 5) is 13.7. The Labute approximate surface area is 130 Å². The third kappa shape index (κ3) is 8.43. The summed E-state index contributed by atoms with van der Waals surface area (Å²) in [6.45, 7) is 3.84. The van der Waals surface area contributed by atoms with Crippen molar-refractivity contribution in [3.63, 3.8) is 0 Å². The van der Waals surface area contributed by atoms with Gasteiger partial charge in [0.25, 0.3) is 0 Å². The first-order valence-electron chi connectivity index (χ1n) is 7.70. The Morgan fingerprint density at radius 3 is 3.09 bits per heavy atom. The van der Waals surface area contributed by atoms with Crippen LogP contribution in [-0.2, 0) is 9.53 Å². The molecule has 0 aliphatic carbocycles. The van der Waals surface area contributed by atoms with Gasteiger partial charge in [-0.2, -0.15) is 5.11 Å². The second-order valence-electron chi connectivity index (χ2n) is 5.17. The molecule has 0 saturated heterocycles. The monoisotopic (exact) mass is 311 g/mol. The molecule has 1 atom stereocenters. The Hall–Kier alpha value is -1.86. The minimum absolute atomic E-state index is 0.146. The number of hydrogen-bond acceptors (Lipinski definition) is 7. The number of carbonyl (C=O) groups is 1. The van der Waals surface area contributed by atoms with Crippen molar-refractivity contribution in [2.75, 3.05) is 39.8 Å². The first-order valence-corrected chi connectivity index (χ1v) is 7.70. The molecule has 0 aromatic rings. The second-order valence-corrected chi connectivity index (χ2v) is 5.17. The van der Waals surface area contributed by atoms with Crippen molar-refractivity contribution in [1.82, 2.24) is 10.3 Å². The summed E-state index contributed by atoms with van der Waals surface area (Å²) < 4.78 is 4.60. The molecule has 1 N–H and O–H groups in total. The fourth-order valence-corrected chi connectivity index (χ4v) is 2.13. The number of hydrogen-bond donors (Lipinski definition) is 1. The van der Waals surface area contributed by atoms with Gasteiger partial charge in [0.2, 0.25) is 0 Å². The molecule has 0 radical (unpaired) electrons. The van der Waals surface area contributed by atoms with Gasteiger partial charge < -0.3 is 10.1 Å². The van der Waals surface area contributed by atoms with E-state index < -0.39 is 0 Å². The molecule has 0 fully saturated rings. The number of carbonyl (C=O) groups excluding carboxylic acids is 1. The van der Waals surface area contributed by atoms with E-state index >= 15 is 0 Å². The second kappa shape index (κ2) is 11.8. The normalized spacial score (nSPS) is 16.6. The lowest BCUT2D eigenvalue weighted by molar-refractivity contribution is -0.140. The lowest BCUT2D eigenvalue weighted by Gasteiger charge is -2.13. The smallest absolute Gasteiger partial charge is 0.305 e. The van der Waals surface area contributed by atoms with Crippen LogP contribution in [0.4, 0.5) is 0 Å². The zero-order valence-electron chi connectivity index (χ0n) is 13.1. The number of esters is 1. The van der Waals surface area contributed by atoms with E-state index in [9.17, 15) is 4.79 Å². The Bertz CT molecular complexity index is 396. The molecule has 0 bridgehead atoms. The summed E-state index contributed by atoms with van der Waals surface area (Å²) in [6.07, 6.45) is 4.16. The quantitative estimate of drug-likeness (QED) is 0.195. The molecule has 1 rings (SSSR count). The largest absolute Gasteiger partial charge is 0.469 e. The van der Waals surface area contributed by atoms with Gasteiger partial charge in [-0.05, 0) is 31.3 Å². The minimum atomic E-state index is -0.146. The lowest BCUT2D eigenvalue weighted by atomic mass is 10.2. The number of nitrogens with one attached hydrogen (secondary N) is 1. The summed E-state index contributed by atoms with van der Waals surface area (Å²) in [7, 11) is 1.41. The fourth-order valence-electron chi connectivity index (χ4n) is 2.13. The Morgan fingerprint density at radius 1 is 1.45 bits per heavy atom. The highest BCUT2D eigenvalue weighted by molar-refractivity contribution is 5.68. The van der Waals surface area contributed by atoms with Crippen LogP contribution in [0.1, 0.15) is 32.1 Å². The summed E-state index contributed by atoms with van der Waals surface area (Å²) in [6, 6.07) is 0.189. The standard InChI is InChI=1S/C13H25N7O2/c1-22-13(21)6-3-2-4-9-20-11-12(17-19-20)10-15-7-5-8-16-18-14/h12,15H,2-11H2,1H3. The maximum absolute atomic E-state index is 11.0. The SMILES string of the molecule is COC(=O)CCCCCN1CC(CNCCCN=[N+]=[N-])N=N1. The van der Waals surface area contributed by atoms with Gasteiger partial charge in [0.15, 0.2) is 0 Å². The van der Waals surface area contributed by atoms with Crippen molar-refractivity contribution >= 4 is 5.97 Å². The lowest BCUT2D eigenvalue weighted by Crippen LogP contribution is -2.31. The average Bonchev–Trinajstić information content (AvgIpc) is 2.98. The molecule has 124 valence electrons. The van der Waals surface area contributed by atoms with Gasteiger partial charge in [-0.1, -0.05) is 16.8 Å². The molecule has 1 aliphatic heterocycles. The number of methoxy groups -OCH3 is 1. The molecule has 0 saturated carbocycles. The van der Waals surface area contributed by atoms with Crippen molar-refractivity contribution < 1.29 is 9.53 Å². The van der Waals surface area contributed by atoms with Gasteiger partial charge in [0.1, 0.15) is 6.04 Å². The highest BCUT2D eigenvalue weighted by atomic mass is 16.5. The minimum Gasteiger partial charge on any atom is -0.469 e. The van der Waals surface area contributed by atoms with Crippen LogP contribution in [0.15, 0.2) is 15.5 Å². The summed E-state index contributed by atoms with van der Waals surface area (Å²) in [5.74, 6) is -0.146. The summed E-state index contributed by atoms with van der Waals surface area (Å²) >= 11 is 0. The van der Waals surface area contributed by atoms with Crippen LogP contribution in [-0.4, -0.2) is 56.9 Å². The van der Waals surface area contributed by atoms with Gasteiger partial charge in [-0.15, -0.1) is 0 Å². The van der Waals surface area contributed by atoms with Gasteiger partial charge >= 0.3 is 5.97 Å². The predicted molar refractivity (Wildman–Crippen MR) is 82.2 cm³/mol. The van der Waals surface area contributed by atoms with Crippen LogP contribution < -0.4 is 5.32 Å². The van der Waals surface area contributed by atoms with E-state index in [1.807, 2.05) is 5.01 Å². The third-order valence-electron chi connectivity index (χ3n) is 3.34. The van der Waals surface area contributed by atoms with E-state index in [1.165, 1.54) is 7.11 Å².